The van der Waals surface area contributed by atoms with Gasteiger partial charge in [-0.2, -0.15) is 0 Å². The topological polar surface area (TPSA) is 160 Å². The van der Waals surface area contributed by atoms with E-state index in [1.165, 1.54) is 18.4 Å². The molecule has 2 aliphatic rings. The van der Waals surface area contributed by atoms with Crippen LogP contribution in [0.2, 0.25) is 0 Å². The van der Waals surface area contributed by atoms with Gasteiger partial charge in [0, 0.05) is 44.6 Å². The lowest BCUT2D eigenvalue weighted by molar-refractivity contribution is -0.144. The molecule has 13 nitrogen and oxygen atoms in total. The van der Waals surface area contributed by atoms with Crippen molar-refractivity contribution >= 4 is 35.0 Å². The third-order valence-electron chi connectivity index (χ3n) is 10.8. The molecule has 1 aliphatic carbocycles. The zero-order valence-corrected chi connectivity index (χ0v) is 33.2. The van der Waals surface area contributed by atoms with Crippen LogP contribution in [0.15, 0.2) is 29.6 Å². The Kier molecular flexibility index (Phi) is 16.2. The van der Waals surface area contributed by atoms with Gasteiger partial charge in [-0.05, 0) is 62.2 Å². The summed E-state index contributed by atoms with van der Waals surface area (Å²) in [5, 5.41) is 18.3. The number of carboxylic acids is 1. The number of carboxylic acid groups (broad SMARTS) is 1. The van der Waals surface area contributed by atoms with Gasteiger partial charge >= 0.3 is 5.97 Å². The van der Waals surface area contributed by atoms with Crippen LogP contribution in [0.5, 0.6) is 0 Å². The van der Waals surface area contributed by atoms with E-state index in [0.29, 0.717) is 37.4 Å². The summed E-state index contributed by atoms with van der Waals surface area (Å²) in [6.45, 7) is 9.55. The zero-order valence-electron chi connectivity index (χ0n) is 32.3. The van der Waals surface area contributed by atoms with Gasteiger partial charge in [0.1, 0.15) is 29.6 Å². The average molecular weight is 758 g/mol. The van der Waals surface area contributed by atoms with E-state index in [1.54, 1.807) is 12.5 Å². The number of aromatic nitrogens is 1. The van der Waals surface area contributed by atoms with E-state index >= 15 is 0 Å². The molecule has 0 saturated carbocycles. The Morgan fingerprint density at radius 1 is 1.11 bits per heavy atom. The molecule has 0 spiro atoms. The van der Waals surface area contributed by atoms with E-state index in [4.69, 9.17) is 19.2 Å². The molecule has 2 heterocycles. The summed E-state index contributed by atoms with van der Waals surface area (Å²) in [5.41, 5.74) is 1.90. The number of likely N-dealkylation sites (N-methyl/N-ethyl adjacent to an activating group) is 1. The van der Waals surface area contributed by atoms with Crippen LogP contribution >= 0.6 is 11.3 Å². The van der Waals surface area contributed by atoms with Crippen molar-refractivity contribution in [3.05, 3.63) is 51.5 Å². The van der Waals surface area contributed by atoms with E-state index < -0.39 is 24.0 Å². The third kappa shape index (κ3) is 11.1. The van der Waals surface area contributed by atoms with Crippen LogP contribution in [0.3, 0.4) is 0 Å². The lowest BCUT2D eigenvalue weighted by Crippen LogP contribution is -2.59. The summed E-state index contributed by atoms with van der Waals surface area (Å²) in [6.07, 6.45) is 4.04. The van der Waals surface area contributed by atoms with Crippen LogP contribution in [0.4, 0.5) is 0 Å². The lowest BCUT2D eigenvalue weighted by atomic mass is 9.80. The number of amides is 3. The molecule has 1 saturated heterocycles. The number of methoxy groups -OCH3 is 2. The third-order valence-corrected chi connectivity index (χ3v) is 11.7. The standard InChI is InChI=1S/C39H59N5O8S/c1-8-25(4)34(42-36(46)31-15-11-12-16-43(31)5)38(47)44(17-18-50-6)32(24(2)3)21-33(52-23-51-7)37-41-30(22-53-37)35(45)40-27-19-26-13-9-10-14-28(26)29(20-27)39(48)49/h9-10,13-14,22,24-25,27,29,31-34H,8,11-12,15-21,23H2,1-7H3,(H,40,45)(H,42,46)(H,48,49)/t25?,27-,29+,31?,32+,33+,34?/m0/s1. The molecule has 1 aromatic carbocycles. The molecule has 14 heteroatoms. The molecule has 3 amide bonds. The Morgan fingerprint density at radius 2 is 1.87 bits per heavy atom. The van der Waals surface area contributed by atoms with E-state index in [2.05, 4.69) is 15.5 Å². The number of benzene rings is 1. The highest BCUT2D eigenvalue weighted by Gasteiger charge is 2.39. The monoisotopic (exact) mass is 757 g/mol. The van der Waals surface area contributed by atoms with Gasteiger partial charge in [0.25, 0.3) is 5.91 Å². The van der Waals surface area contributed by atoms with Gasteiger partial charge in [-0.15, -0.1) is 11.3 Å². The Hall–Kier alpha value is -3.43. The highest BCUT2D eigenvalue weighted by Crippen LogP contribution is 2.34. The number of carbonyl (C=O) groups is 4. The summed E-state index contributed by atoms with van der Waals surface area (Å²) in [7, 11) is 5.09. The average Bonchev–Trinajstić information content (AvgIpc) is 3.64. The quantitative estimate of drug-likeness (QED) is 0.173. The minimum atomic E-state index is -0.919. The van der Waals surface area contributed by atoms with Crippen LogP contribution in [-0.2, 0) is 35.0 Å². The van der Waals surface area contributed by atoms with E-state index in [9.17, 15) is 24.3 Å². The number of ether oxygens (including phenoxy) is 3. The predicted octanol–water partition coefficient (Wildman–Crippen LogP) is 4.62. The van der Waals surface area contributed by atoms with E-state index in [-0.39, 0.29) is 66.6 Å². The Bertz CT molecular complexity index is 1520. The number of rotatable bonds is 19. The maximum Gasteiger partial charge on any atom is 0.311 e. The number of thiazole rings is 1. The van der Waals surface area contributed by atoms with Gasteiger partial charge in [-0.25, -0.2) is 4.98 Å². The molecular weight excluding hydrogens is 699 g/mol. The highest BCUT2D eigenvalue weighted by molar-refractivity contribution is 7.09. The van der Waals surface area contributed by atoms with Crippen molar-refractivity contribution in [2.45, 2.75) is 109 Å². The Balaban J connectivity index is 1.55. The second-order valence-electron chi connectivity index (χ2n) is 14.8. The van der Waals surface area contributed by atoms with E-state index in [1.807, 2.05) is 63.9 Å². The molecule has 1 aromatic heterocycles. The van der Waals surface area contributed by atoms with Crippen molar-refractivity contribution in [2.75, 3.05) is 47.8 Å². The van der Waals surface area contributed by atoms with Crippen molar-refractivity contribution in [1.82, 2.24) is 25.4 Å². The number of nitrogens with one attached hydrogen (secondary N) is 2. The summed E-state index contributed by atoms with van der Waals surface area (Å²) in [6, 6.07) is 5.76. The molecule has 4 rings (SSSR count). The summed E-state index contributed by atoms with van der Waals surface area (Å²) in [4.78, 5) is 62.4. The fourth-order valence-corrected chi connectivity index (χ4v) is 8.34. The normalized spacial score (nSPS) is 21.2. The molecule has 7 atom stereocenters. The van der Waals surface area contributed by atoms with Crippen LogP contribution in [-0.4, -0.2) is 116 Å². The van der Waals surface area contributed by atoms with Crippen molar-refractivity contribution in [3.63, 3.8) is 0 Å². The summed E-state index contributed by atoms with van der Waals surface area (Å²) in [5.74, 6) is -2.42. The number of likely N-dealkylation sites (tertiary alicyclic amines) is 1. The fraction of sp³-hybridized carbons (Fsp3) is 0.667. The fourth-order valence-electron chi connectivity index (χ4n) is 7.48. The molecule has 3 N–H and O–H groups in total. The molecule has 53 heavy (non-hydrogen) atoms. The van der Waals surface area contributed by atoms with Crippen molar-refractivity contribution < 1.29 is 38.5 Å². The smallest absolute Gasteiger partial charge is 0.311 e. The minimum absolute atomic E-state index is 0.0127. The second-order valence-corrected chi connectivity index (χ2v) is 15.7. The molecular formula is C39H59N5O8S. The maximum absolute atomic E-state index is 14.6. The number of carbonyl (C=O) groups excluding carboxylic acids is 3. The van der Waals surface area contributed by atoms with E-state index in [0.717, 1.165) is 36.9 Å². The SMILES string of the molecule is CCC(C)C(NC(=O)C1CCCCN1C)C(=O)N(CCOC)[C@H](C[C@@H](OCOC)c1nc(C(=O)N[C@H]2Cc3ccccc3[C@H](C(=O)O)C2)cs1)C(C)C. The number of fused-ring (bicyclic) bond motifs is 1. The predicted molar refractivity (Wildman–Crippen MR) is 203 cm³/mol. The van der Waals surface area contributed by atoms with Crippen LogP contribution in [0.1, 0.15) is 105 Å². The Morgan fingerprint density at radius 3 is 2.53 bits per heavy atom. The van der Waals surface area contributed by atoms with Gasteiger partial charge in [0.05, 0.1) is 18.6 Å². The van der Waals surface area contributed by atoms with Crippen LogP contribution in [0.25, 0.3) is 0 Å². The molecule has 1 fully saturated rings. The first-order valence-electron chi connectivity index (χ1n) is 18.9. The maximum atomic E-state index is 14.6. The number of nitrogens with zero attached hydrogens (tertiary/aromatic N) is 3. The first-order valence-corrected chi connectivity index (χ1v) is 19.7. The summed E-state index contributed by atoms with van der Waals surface area (Å²) >= 11 is 1.29. The van der Waals surface area contributed by atoms with Crippen molar-refractivity contribution in [1.29, 1.82) is 0 Å². The van der Waals surface area contributed by atoms with Crippen molar-refractivity contribution in [3.8, 4) is 0 Å². The highest BCUT2D eigenvalue weighted by atomic mass is 32.1. The molecule has 1 aliphatic heterocycles. The first-order chi connectivity index (χ1) is 25.4. The van der Waals surface area contributed by atoms with Gasteiger partial charge in [-0.3, -0.25) is 24.1 Å². The van der Waals surface area contributed by atoms with Crippen LogP contribution < -0.4 is 10.6 Å². The van der Waals surface area contributed by atoms with Gasteiger partial charge in [-0.1, -0.05) is 64.8 Å². The van der Waals surface area contributed by atoms with Crippen LogP contribution in [0, 0.1) is 11.8 Å². The van der Waals surface area contributed by atoms with Gasteiger partial charge in [0.2, 0.25) is 11.8 Å². The first kappa shape index (κ1) is 42.3. The van der Waals surface area contributed by atoms with Crippen molar-refractivity contribution in [2.24, 2.45) is 11.8 Å². The largest absolute Gasteiger partial charge is 0.481 e. The number of piperidine rings is 1. The zero-order chi connectivity index (χ0) is 38.7. The molecule has 0 bridgehead atoms. The lowest BCUT2D eigenvalue weighted by Gasteiger charge is -2.40. The molecule has 0 radical (unpaired) electrons. The van der Waals surface area contributed by atoms with Gasteiger partial charge in [0.15, 0.2) is 0 Å². The number of hydrogen-bond acceptors (Lipinski definition) is 10. The summed E-state index contributed by atoms with van der Waals surface area (Å²) < 4.78 is 16.9. The second kappa shape index (κ2) is 20.3. The minimum Gasteiger partial charge on any atom is -0.481 e. The number of hydrogen-bond donors (Lipinski definition) is 3. The molecule has 3 unspecified atom stereocenters. The Labute approximate surface area is 318 Å². The van der Waals surface area contributed by atoms with Gasteiger partial charge < -0.3 is 34.9 Å². The molecule has 2 aromatic rings. The molecule has 294 valence electrons. The number of aliphatic carboxylic acids is 1.